The van der Waals surface area contributed by atoms with Crippen molar-refractivity contribution in [2.45, 2.75) is 13.5 Å². The van der Waals surface area contributed by atoms with Crippen molar-refractivity contribution in [1.82, 2.24) is 9.88 Å². The number of ether oxygens (including phenoxy) is 1. The lowest BCUT2D eigenvalue weighted by atomic mass is 10.2. The van der Waals surface area contributed by atoms with Crippen LogP contribution in [0.15, 0.2) is 48.8 Å². The number of benzene rings is 1. The Morgan fingerprint density at radius 1 is 1.15 bits per heavy atom. The van der Waals surface area contributed by atoms with Crippen LogP contribution in [0.5, 0.6) is 0 Å². The largest absolute Gasteiger partial charge is 0.378 e. The van der Waals surface area contributed by atoms with Crippen molar-refractivity contribution in [2.24, 2.45) is 0 Å². The third-order valence-corrected chi connectivity index (χ3v) is 4.43. The maximum Gasteiger partial charge on any atom is 0.244 e. The number of pyridine rings is 1. The highest BCUT2D eigenvalue weighted by Crippen LogP contribution is 2.26. The Bertz CT molecular complexity index is 776. The van der Waals surface area contributed by atoms with Gasteiger partial charge in [-0.15, -0.1) is 0 Å². The molecule has 0 bridgehead atoms. The van der Waals surface area contributed by atoms with Crippen LogP contribution in [0.1, 0.15) is 12.5 Å². The van der Waals surface area contributed by atoms with Gasteiger partial charge in [-0.1, -0.05) is 12.1 Å². The molecule has 2 amide bonds. The van der Waals surface area contributed by atoms with Crippen LogP contribution in [-0.4, -0.2) is 54.5 Å². The van der Waals surface area contributed by atoms with Gasteiger partial charge in [-0.25, -0.2) is 0 Å². The lowest BCUT2D eigenvalue weighted by Crippen LogP contribution is -2.38. The van der Waals surface area contributed by atoms with Gasteiger partial charge in [0.2, 0.25) is 11.8 Å². The summed E-state index contributed by atoms with van der Waals surface area (Å²) >= 11 is 0. The van der Waals surface area contributed by atoms with Gasteiger partial charge in [0.15, 0.2) is 0 Å². The van der Waals surface area contributed by atoms with Gasteiger partial charge in [0.05, 0.1) is 24.6 Å². The molecule has 7 nitrogen and oxygen atoms in total. The highest BCUT2D eigenvalue weighted by molar-refractivity contribution is 5.97. The van der Waals surface area contributed by atoms with Crippen molar-refractivity contribution in [3.05, 3.63) is 54.4 Å². The predicted molar refractivity (Wildman–Crippen MR) is 103 cm³/mol. The molecule has 1 aromatic carbocycles. The molecule has 0 atom stereocenters. The molecule has 0 aliphatic carbocycles. The van der Waals surface area contributed by atoms with Gasteiger partial charge in [0.25, 0.3) is 0 Å². The molecule has 1 fully saturated rings. The Morgan fingerprint density at radius 2 is 1.85 bits per heavy atom. The number of nitrogens with zero attached hydrogens (tertiary/aromatic N) is 3. The third-order valence-electron chi connectivity index (χ3n) is 4.43. The van der Waals surface area contributed by atoms with E-state index in [0.717, 1.165) is 30.0 Å². The maximum atomic E-state index is 12.6. The first-order valence-corrected chi connectivity index (χ1v) is 8.99. The zero-order valence-electron chi connectivity index (χ0n) is 15.4. The monoisotopic (exact) mass is 368 g/mol. The zero-order valence-corrected chi connectivity index (χ0v) is 15.4. The van der Waals surface area contributed by atoms with E-state index >= 15 is 0 Å². The molecule has 1 N–H and O–H groups in total. The summed E-state index contributed by atoms with van der Waals surface area (Å²) in [5, 5.41) is 2.95. The Labute approximate surface area is 158 Å². The lowest BCUT2D eigenvalue weighted by Gasteiger charge is -2.30. The number of para-hydroxylation sites is 2. The van der Waals surface area contributed by atoms with Crippen molar-refractivity contribution in [3.8, 4) is 0 Å². The second-order valence-electron chi connectivity index (χ2n) is 6.40. The molecule has 7 heteroatoms. The SMILES string of the molecule is CC(=O)N(CC(=O)Nc1ccccc1N1CCOCC1)Cc1ccncc1. The standard InChI is InChI=1S/C20H24N4O3/c1-16(25)24(14-17-6-8-21-9-7-17)15-20(26)22-18-4-2-3-5-19(18)23-10-12-27-13-11-23/h2-9H,10-15H2,1H3,(H,22,26). The number of rotatable bonds is 6. The predicted octanol–water partition coefficient (Wildman–Crippen LogP) is 1.91. The number of anilines is 2. The number of hydrogen-bond donors (Lipinski definition) is 1. The molecule has 1 saturated heterocycles. The summed E-state index contributed by atoms with van der Waals surface area (Å²) in [6.45, 7) is 4.75. The normalized spacial score (nSPS) is 13.9. The van der Waals surface area contributed by atoms with E-state index in [4.69, 9.17) is 4.74 Å². The van der Waals surface area contributed by atoms with Gasteiger partial charge in [-0.05, 0) is 29.8 Å². The van der Waals surface area contributed by atoms with Crippen LogP contribution in [0.4, 0.5) is 11.4 Å². The number of morpholine rings is 1. The molecular formula is C20H24N4O3. The summed E-state index contributed by atoms with van der Waals surface area (Å²) in [5.41, 5.74) is 2.65. The summed E-state index contributed by atoms with van der Waals surface area (Å²) < 4.78 is 5.40. The fraction of sp³-hybridized carbons (Fsp3) is 0.350. The fourth-order valence-corrected chi connectivity index (χ4v) is 3.01. The number of amides is 2. The van der Waals surface area contributed by atoms with Gasteiger partial charge >= 0.3 is 0 Å². The summed E-state index contributed by atoms with van der Waals surface area (Å²) in [6, 6.07) is 11.4. The van der Waals surface area contributed by atoms with Crippen LogP contribution in [-0.2, 0) is 20.9 Å². The van der Waals surface area contributed by atoms with Crippen molar-refractivity contribution in [1.29, 1.82) is 0 Å². The van der Waals surface area contributed by atoms with Gasteiger partial charge in [-0.3, -0.25) is 14.6 Å². The second-order valence-corrected chi connectivity index (χ2v) is 6.40. The Hall–Kier alpha value is -2.93. The van der Waals surface area contributed by atoms with E-state index in [1.165, 1.54) is 11.8 Å². The number of hydrogen-bond acceptors (Lipinski definition) is 5. The van der Waals surface area contributed by atoms with E-state index in [1.54, 1.807) is 12.4 Å². The number of aromatic nitrogens is 1. The van der Waals surface area contributed by atoms with E-state index in [0.29, 0.717) is 19.8 Å². The number of nitrogens with one attached hydrogen (secondary N) is 1. The quantitative estimate of drug-likeness (QED) is 0.843. The number of carbonyl (C=O) groups is 2. The van der Waals surface area contributed by atoms with Crippen LogP contribution in [0.2, 0.25) is 0 Å². The van der Waals surface area contributed by atoms with Gasteiger partial charge in [0.1, 0.15) is 6.54 Å². The molecule has 2 heterocycles. The zero-order chi connectivity index (χ0) is 19.1. The minimum atomic E-state index is -0.222. The van der Waals surface area contributed by atoms with Crippen molar-refractivity contribution in [2.75, 3.05) is 43.1 Å². The van der Waals surface area contributed by atoms with Crippen LogP contribution >= 0.6 is 0 Å². The minimum Gasteiger partial charge on any atom is -0.378 e. The summed E-state index contributed by atoms with van der Waals surface area (Å²) in [4.78, 5) is 32.2. The maximum absolute atomic E-state index is 12.6. The highest BCUT2D eigenvalue weighted by Gasteiger charge is 2.18. The smallest absolute Gasteiger partial charge is 0.244 e. The molecule has 2 aromatic rings. The summed E-state index contributed by atoms with van der Waals surface area (Å²) in [6.07, 6.45) is 3.35. The Kier molecular flexibility index (Phi) is 6.38. The lowest BCUT2D eigenvalue weighted by molar-refractivity contribution is -0.133. The molecule has 0 saturated carbocycles. The van der Waals surface area contributed by atoms with Crippen molar-refractivity contribution in [3.63, 3.8) is 0 Å². The molecule has 27 heavy (non-hydrogen) atoms. The average molecular weight is 368 g/mol. The Balaban J connectivity index is 1.66. The van der Waals surface area contributed by atoms with E-state index in [2.05, 4.69) is 15.2 Å². The first-order valence-electron chi connectivity index (χ1n) is 8.99. The van der Waals surface area contributed by atoms with Gasteiger partial charge in [-0.2, -0.15) is 0 Å². The van der Waals surface area contributed by atoms with E-state index in [-0.39, 0.29) is 18.4 Å². The van der Waals surface area contributed by atoms with Crippen LogP contribution in [0.3, 0.4) is 0 Å². The van der Waals surface area contributed by atoms with Crippen LogP contribution in [0, 0.1) is 0 Å². The molecule has 142 valence electrons. The summed E-state index contributed by atoms with van der Waals surface area (Å²) in [5.74, 6) is -0.372. The van der Waals surface area contributed by atoms with Gasteiger partial charge < -0.3 is 19.9 Å². The molecule has 0 spiro atoms. The third kappa shape index (κ3) is 5.27. The Morgan fingerprint density at radius 3 is 2.56 bits per heavy atom. The van der Waals surface area contributed by atoms with Crippen molar-refractivity contribution >= 4 is 23.2 Å². The first-order chi connectivity index (χ1) is 13.1. The molecule has 1 aromatic heterocycles. The fourth-order valence-electron chi connectivity index (χ4n) is 3.01. The molecule has 1 aliphatic heterocycles. The highest BCUT2D eigenvalue weighted by atomic mass is 16.5. The van der Waals surface area contributed by atoms with Crippen LogP contribution in [0.25, 0.3) is 0 Å². The average Bonchev–Trinajstić information content (AvgIpc) is 2.69. The van der Waals surface area contributed by atoms with E-state index < -0.39 is 0 Å². The van der Waals surface area contributed by atoms with E-state index in [9.17, 15) is 9.59 Å². The van der Waals surface area contributed by atoms with Gasteiger partial charge in [0, 0.05) is 39.0 Å². The second kappa shape index (κ2) is 9.14. The number of carbonyl (C=O) groups excluding carboxylic acids is 2. The van der Waals surface area contributed by atoms with Crippen molar-refractivity contribution < 1.29 is 14.3 Å². The topological polar surface area (TPSA) is 74.8 Å². The minimum absolute atomic E-state index is 0.00486. The molecule has 1 aliphatic rings. The molecule has 0 unspecified atom stereocenters. The summed E-state index contributed by atoms with van der Waals surface area (Å²) in [7, 11) is 0. The molecule has 0 radical (unpaired) electrons. The first kappa shape index (κ1) is 18.8. The van der Waals surface area contributed by atoms with Crippen LogP contribution < -0.4 is 10.2 Å². The molecule has 3 rings (SSSR count). The van der Waals surface area contributed by atoms with E-state index in [1.807, 2.05) is 36.4 Å². The molecular weight excluding hydrogens is 344 g/mol.